The molecule has 8 nitrogen and oxygen atoms in total. The van der Waals surface area contributed by atoms with E-state index in [0.717, 1.165) is 24.2 Å². The number of carbonyl (C=O) groups is 3. The topological polar surface area (TPSA) is 104 Å². The second-order valence-electron chi connectivity index (χ2n) is 8.80. The van der Waals surface area contributed by atoms with Gasteiger partial charge in [0.2, 0.25) is 21.8 Å². The Morgan fingerprint density at radius 1 is 1.03 bits per heavy atom. The van der Waals surface area contributed by atoms with Crippen LogP contribution in [0.3, 0.4) is 0 Å². The highest BCUT2D eigenvalue weighted by molar-refractivity contribution is 7.89. The zero-order valence-electron chi connectivity index (χ0n) is 19.2. The van der Waals surface area contributed by atoms with Gasteiger partial charge in [0.15, 0.2) is 5.78 Å². The van der Waals surface area contributed by atoms with Crippen LogP contribution in [0, 0.1) is 5.92 Å². The Morgan fingerprint density at radius 2 is 1.74 bits per heavy atom. The largest absolute Gasteiger partial charge is 0.352 e. The molecule has 0 saturated carbocycles. The number of amides is 2. The van der Waals surface area contributed by atoms with Gasteiger partial charge in [-0.1, -0.05) is 24.3 Å². The quantitative estimate of drug-likeness (QED) is 0.610. The van der Waals surface area contributed by atoms with E-state index in [4.69, 9.17) is 0 Å². The van der Waals surface area contributed by atoms with Crippen molar-refractivity contribution in [3.05, 3.63) is 59.7 Å². The number of hydrogen-bond acceptors (Lipinski definition) is 5. The Bertz CT molecular complexity index is 1190. The van der Waals surface area contributed by atoms with Crippen LogP contribution in [0.1, 0.15) is 48.5 Å². The first-order valence-corrected chi connectivity index (χ1v) is 13.0. The maximum absolute atomic E-state index is 13.0. The van der Waals surface area contributed by atoms with E-state index in [2.05, 4.69) is 5.32 Å². The molecular formula is C25H29N3O5S. The first kappa shape index (κ1) is 24.1. The minimum Gasteiger partial charge on any atom is -0.352 e. The van der Waals surface area contributed by atoms with Gasteiger partial charge in [-0.3, -0.25) is 14.4 Å². The van der Waals surface area contributed by atoms with E-state index in [1.165, 1.54) is 23.4 Å². The molecule has 2 aromatic rings. The Labute approximate surface area is 200 Å². The van der Waals surface area contributed by atoms with Gasteiger partial charge in [0.25, 0.3) is 0 Å². The maximum atomic E-state index is 13.0. The van der Waals surface area contributed by atoms with Crippen molar-refractivity contribution in [3.63, 3.8) is 0 Å². The number of anilines is 1. The number of hydrogen-bond donors (Lipinski definition) is 1. The molecule has 0 radical (unpaired) electrons. The van der Waals surface area contributed by atoms with Crippen molar-refractivity contribution in [1.82, 2.24) is 9.62 Å². The van der Waals surface area contributed by atoms with Gasteiger partial charge in [-0.2, -0.15) is 4.31 Å². The predicted octanol–water partition coefficient (Wildman–Crippen LogP) is 2.73. The lowest BCUT2D eigenvalue weighted by atomic mass is 9.97. The number of rotatable bonds is 7. The molecule has 0 unspecified atom stereocenters. The highest BCUT2D eigenvalue weighted by Crippen LogP contribution is 2.25. The Morgan fingerprint density at radius 3 is 2.35 bits per heavy atom. The smallest absolute Gasteiger partial charge is 0.243 e. The molecule has 2 aliphatic rings. The van der Waals surface area contributed by atoms with Gasteiger partial charge in [0.1, 0.15) is 0 Å². The number of ketones is 1. The zero-order valence-corrected chi connectivity index (χ0v) is 20.0. The van der Waals surface area contributed by atoms with E-state index in [1.54, 1.807) is 17.0 Å². The molecule has 0 bridgehead atoms. The minimum atomic E-state index is -3.72. The molecule has 0 aliphatic carbocycles. The lowest BCUT2D eigenvalue weighted by Gasteiger charge is -2.30. The molecule has 4 rings (SSSR count). The normalized spacial score (nSPS) is 17.7. The number of Topliss-reactive ketones (excluding diaryl/α,β-unsaturated/α-hetero) is 1. The number of nitrogens with one attached hydrogen (secondary N) is 1. The van der Waals surface area contributed by atoms with Crippen molar-refractivity contribution in [2.45, 2.75) is 44.0 Å². The average Bonchev–Trinajstić information content (AvgIpc) is 3.28. The fourth-order valence-corrected chi connectivity index (χ4v) is 5.95. The molecule has 9 heteroatoms. The summed E-state index contributed by atoms with van der Waals surface area (Å²) in [5.74, 6) is -0.390. The summed E-state index contributed by atoms with van der Waals surface area (Å²) < 4.78 is 27.3. The van der Waals surface area contributed by atoms with Gasteiger partial charge in [-0.05, 0) is 56.0 Å². The molecule has 0 atom stereocenters. The van der Waals surface area contributed by atoms with E-state index >= 15 is 0 Å². The van der Waals surface area contributed by atoms with Gasteiger partial charge < -0.3 is 10.2 Å². The van der Waals surface area contributed by atoms with Crippen molar-refractivity contribution in [2.75, 3.05) is 24.5 Å². The molecular weight excluding hydrogens is 454 g/mol. The molecule has 2 aliphatic heterocycles. The summed E-state index contributed by atoms with van der Waals surface area (Å²) in [7, 11) is -3.72. The van der Waals surface area contributed by atoms with Crippen LogP contribution < -0.4 is 10.2 Å². The van der Waals surface area contributed by atoms with Gasteiger partial charge in [0, 0.05) is 49.8 Å². The number of benzene rings is 2. The predicted molar refractivity (Wildman–Crippen MR) is 128 cm³/mol. The molecule has 2 amide bonds. The molecule has 34 heavy (non-hydrogen) atoms. The summed E-state index contributed by atoms with van der Waals surface area (Å²) in [4.78, 5) is 38.0. The maximum Gasteiger partial charge on any atom is 0.243 e. The van der Waals surface area contributed by atoms with E-state index in [0.29, 0.717) is 31.4 Å². The zero-order chi connectivity index (χ0) is 24.3. The van der Waals surface area contributed by atoms with Crippen LogP contribution in [0.15, 0.2) is 53.4 Å². The standard InChI is InChI=1S/C25H29N3O5S/c1-18(29)21-4-2-5-23(16-21)34(32,33)27-14-11-20(12-15-27)25(31)26-17-19-7-9-22(10-8-19)28-13-3-6-24(28)30/h2,4-5,7-10,16,20H,3,6,11-15,17H2,1H3,(H,26,31). The number of nitrogens with zero attached hydrogens (tertiary/aromatic N) is 2. The van der Waals surface area contributed by atoms with Gasteiger partial charge >= 0.3 is 0 Å². The van der Waals surface area contributed by atoms with Crippen molar-refractivity contribution in [2.24, 2.45) is 5.92 Å². The summed E-state index contributed by atoms with van der Waals surface area (Å²) in [6.45, 7) is 3.03. The van der Waals surface area contributed by atoms with E-state index in [-0.39, 0.29) is 41.5 Å². The molecule has 0 spiro atoms. The monoisotopic (exact) mass is 483 g/mol. The van der Waals surface area contributed by atoms with Crippen molar-refractivity contribution < 1.29 is 22.8 Å². The lowest BCUT2D eigenvalue weighted by molar-refractivity contribution is -0.126. The van der Waals surface area contributed by atoms with Crippen molar-refractivity contribution in [3.8, 4) is 0 Å². The van der Waals surface area contributed by atoms with Crippen LogP contribution in [0.2, 0.25) is 0 Å². The molecule has 2 aromatic carbocycles. The summed E-state index contributed by atoms with van der Waals surface area (Å²) in [6.07, 6.45) is 2.34. The lowest BCUT2D eigenvalue weighted by Crippen LogP contribution is -2.42. The number of sulfonamides is 1. The van der Waals surface area contributed by atoms with Crippen LogP contribution in [0.25, 0.3) is 0 Å². The van der Waals surface area contributed by atoms with Crippen LogP contribution in [0.5, 0.6) is 0 Å². The first-order chi connectivity index (χ1) is 16.3. The van der Waals surface area contributed by atoms with Crippen LogP contribution >= 0.6 is 0 Å². The van der Waals surface area contributed by atoms with E-state index < -0.39 is 10.0 Å². The summed E-state index contributed by atoms with van der Waals surface area (Å²) in [5, 5.41) is 2.95. The van der Waals surface area contributed by atoms with Gasteiger partial charge in [-0.15, -0.1) is 0 Å². The van der Waals surface area contributed by atoms with Crippen molar-refractivity contribution >= 4 is 33.3 Å². The van der Waals surface area contributed by atoms with Crippen LogP contribution in [-0.2, 0) is 26.2 Å². The van der Waals surface area contributed by atoms with Crippen LogP contribution in [0.4, 0.5) is 5.69 Å². The van der Waals surface area contributed by atoms with Gasteiger partial charge in [0.05, 0.1) is 4.90 Å². The number of piperidine rings is 1. The second kappa shape index (κ2) is 10.1. The SMILES string of the molecule is CC(=O)c1cccc(S(=O)(=O)N2CCC(C(=O)NCc3ccc(N4CCCC4=O)cc3)CC2)c1. The molecule has 0 aromatic heterocycles. The molecule has 180 valence electrons. The fourth-order valence-electron chi connectivity index (χ4n) is 4.43. The first-order valence-electron chi connectivity index (χ1n) is 11.5. The van der Waals surface area contributed by atoms with E-state index in [1.807, 2.05) is 24.3 Å². The average molecular weight is 484 g/mol. The number of carbonyl (C=O) groups excluding carboxylic acids is 3. The molecule has 2 fully saturated rings. The van der Waals surface area contributed by atoms with Gasteiger partial charge in [-0.25, -0.2) is 8.42 Å². The van der Waals surface area contributed by atoms with Crippen molar-refractivity contribution in [1.29, 1.82) is 0 Å². The highest BCUT2D eigenvalue weighted by Gasteiger charge is 2.32. The minimum absolute atomic E-state index is 0.0885. The summed E-state index contributed by atoms with van der Waals surface area (Å²) in [6, 6.07) is 13.7. The molecule has 2 saturated heterocycles. The molecule has 1 N–H and O–H groups in total. The fraction of sp³-hybridized carbons (Fsp3) is 0.400. The Hall–Kier alpha value is -3.04. The third-order valence-corrected chi connectivity index (χ3v) is 8.39. The Balaban J connectivity index is 1.29. The third-order valence-electron chi connectivity index (χ3n) is 6.49. The summed E-state index contributed by atoms with van der Waals surface area (Å²) >= 11 is 0. The Kier molecular flexibility index (Phi) is 7.13. The molecule has 2 heterocycles. The highest BCUT2D eigenvalue weighted by atomic mass is 32.2. The summed E-state index contributed by atoms with van der Waals surface area (Å²) in [5.41, 5.74) is 2.17. The second-order valence-corrected chi connectivity index (χ2v) is 10.7. The van der Waals surface area contributed by atoms with Crippen LogP contribution in [-0.4, -0.2) is 50.0 Å². The van der Waals surface area contributed by atoms with E-state index in [9.17, 15) is 22.8 Å². The third kappa shape index (κ3) is 5.20.